The molecule has 132 valence electrons. The molecule has 0 aliphatic heterocycles. The van der Waals surface area contributed by atoms with Gasteiger partial charge in [0.25, 0.3) is 5.91 Å². The number of esters is 1. The number of carbonyl (C=O) groups excluding carboxylic acids is 2. The molecule has 0 bridgehead atoms. The van der Waals surface area contributed by atoms with Gasteiger partial charge in [-0.2, -0.15) is 0 Å². The van der Waals surface area contributed by atoms with Crippen molar-refractivity contribution in [1.29, 1.82) is 0 Å². The van der Waals surface area contributed by atoms with E-state index in [1.807, 2.05) is 18.2 Å². The molecule has 7 heteroatoms. The molecule has 6 nitrogen and oxygen atoms in total. The van der Waals surface area contributed by atoms with Crippen LogP contribution < -0.4 is 5.32 Å². The lowest BCUT2D eigenvalue weighted by Crippen LogP contribution is -2.15. The number of benzene rings is 1. The average Bonchev–Trinajstić information content (AvgIpc) is 3.05. The summed E-state index contributed by atoms with van der Waals surface area (Å²) in [6.07, 6.45) is 1.68. The number of nitrogens with zero attached hydrogens (tertiary/aromatic N) is 2. The summed E-state index contributed by atoms with van der Waals surface area (Å²) < 4.78 is 5.03. The third kappa shape index (κ3) is 3.78. The number of pyridine rings is 1. The van der Waals surface area contributed by atoms with Crippen LogP contribution in [0.3, 0.4) is 0 Å². The lowest BCUT2D eigenvalue weighted by Gasteiger charge is -2.09. The standard InChI is InChI=1S/C19H17N3O3S/c1-3-25-19(24)13-8-4-5-9-14(13)22-17(23)16-12(2)21-18(26-16)15-10-6-7-11-20-15/h4-11H,3H2,1-2H3,(H,22,23). The summed E-state index contributed by atoms with van der Waals surface area (Å²) in [5.41, 5.74) is 2.05. The highest BCUT2D eigenvalue weighted by atomic mass is 32.1. The molecule has 0 saturated heterocycles. The summed E-state index contributed by atoms with van der Waals surface area (Å²) in [4.78, 5) is 33.9. The molecular formula is C19H17N3O3S. The van der Waals surface area contributed by atoms with Gasteiger partial charge in [-0.25, -0.2) is 9.78 Å². The summed E-state index contributed by atoms with van der Waals surface area (Å²) in [7, 11) is 0. The van der Waals surface area contributed by atoms with Crippen LogP contribution in [-0.4, -0.2) is 28.5 Å². The van der Waals surface area contributed by atoms with E-state index in [0.717, 1.165) is 0 Å². The molecule has 1 amide bonds. The molecule has 0 saturated carbocycles. The van der Waals surface area contributed by atoms with E-state index in [9.17, 15) is 9.59 Å². The number of hydrogen-bond acceptors (Lipinski definition) is 6. The molecule has 26 heavy (non-hydrogen) atoms. The molecule has 2 aromatic heterocycles. The van der Waals surface area contributed by atoms with Gasteiger partial charge in [-0.3, -0.25) is 9.78 Å². The summed E-state index contributed by atoms with van der Waals surface area (Å²) in [6.45, 7) is 3.77. The quantitative estimate of drug-likeness (QED) is 0.691. The fourth-order valence-corrected chi connectivity index (χ4v) is 3.30. The predicted octanol–water partition coefficient (Wildman–Crippen LogP) is 3.94. The van der Waals surface area contributed by atoms with Gasteiger partial charge >= 0.3 is 5.97 Å². The Labute approximate surface area is 154 Å². The maximum atomic E-state index is 12.7. The number of para-hydroxylation sites is 1. The van der Waals surface area contributed by atoms with Gasteiger partial charge in [0.15, 0.2) is 0 Å². The Balaban J connectivity index is 1.86. The number of amides is 1. The van der Waals surface area contributed by atoms with Crippen molar-refractivity contribution >= 4 is 28.9 Å². The molecule has 0 aliphatic rings. The van der Waals surface area contributed by atoms with Crippen LogP contribution in [0.4, 0.5) is 5.69 Å². The highest BCUT2D eigenvalue weighted by Crippen LogP contribution is 2.27. The van der Waals surface area contributed by atoms with Gasteiger partial charge in [-0.15, -0.1) is 11.3 Å². The zero-order valence-electron chi connectivity index (χ0n) is 14.4. The number of rotatable bonds is 5. The number of thiazole rings is 1. The Kier molecular flexibility index (Phi) is 5.38. The lowest BCUT2D eigenvalue weighted by molar-refractivity contribution is 0.0527. The van der Waals surface area contributed by atoms with E-state index in [4.69, 9.17) is 4.74 Å². The number of carbonyl (C=O) groups is 2. The van der Waals surface area contributed by atoms with Gasteiger partial charge in [0.1, 0.15) is 9.88 Å². The summed E-state index contributed by atoms with van der Waals surface area (Å²) in [5, 5.41) is 3.46. The molecule has 3 aromatic rings. The first-order valence-electron chi connectivity index (χ1n) is 8.06. The Bertz CT molecular complexity index is 938. The maximum absolute atomic E-state index is 12.7. The minimum Gasteiger partial charge on any atom is -0.462 e. The third-order valence-electron chi connectivity index (χ3n) is 3.56. The maximum Gasteiger partial charge on any atom is 0.340 e. The van der Waals surface area contributed by atoms with Gasteiger partial charge < -0.3 is 10.1 Å². The number of ether oxygens (including phenoxy) is 1. The number of aromatic nitrogens is 2. The molecule has 0 atom stereocenters. The fourth-order valence-electron chi connectivity index (χ4n) is 2.36. The van der Waals surface area contributed by atoms with Gasteiger partial charge in [-0.05, 0) is 38.1 Å². The van der Waals surface area contributed by atoms with Crippen molar-refractivity contribution < 1.29 is 14.3 Å². The second-order valence-corrected chi connectivity index (χ2v) is 6.37. The first-order chi connectivity index (χ1) is 12.6. The molecule has 0 unspecified atom stereocenters. The molecule has 0 fully saturated rings. The molecule has 2 heterocycles. The zero-order valence-corrected chi connectivity index (χ0v) is 15.2. The Morgan fingerprint density at radius 2 is 1.92 bits per heavy atom. The van der Waals surface area contributed by atoms with Crippen LogP contribution >= 0.6 is 11.3 Å². The van der Waals surface area contributed by atoms with E-state index in [1.165, 1.54) is 11.3 Å². The van der Waals surface area contributed by atoms with Crippen LogP contribution in [0.5, 0.6) is 0 Å². The molecule has 0 spiro atoms. The highest BCUT2D eigenvalue weighted by molar-refractivity contribution is 7.17. The average molecular weight is 367 g/mol. The van der Waals surface area contributed by atoms with Gasteiger partial charge in [-0.1, -0.05) is 18.2 Å². The van der Waals surface area contributed by atoms with E-state index < -0.39 is 5.97 Å². The number of nitrogens with one attached hydrogen (secondary N) is 1. The Morgan fingerprint density at radius 1 is 1.15 bits per heavy atom. The van der Waals surface area contributed by atoms with Crippen LogP contribution in [0.15, 0.2) is 48.7 Å². The second kappa shape index (κ2) is 7.88. The number of aryl methyl sites for hydroxylation is 1. The first kappa shape index (κ1) is 17.8. The Hall–Kier alpha value is -3.06. The molecule has 1 N–H and O–H groups in total. The number of anilines is 1. The molecule has 0 radical (unpaired) electrons. The highest BCUT2D eigenvalue weighted by Gasteiger charge is 2.19. The van der Waals surface area contributed by atoms with E-state index in [1.54, 1.807) is 44.3 Å². The SMILES string of the molecule is CCOC(=O)c1ccccc1NC(=O)c1sc(-c2ccccn2)nc1C. The third-order valence-corrected chi connectivity index (χ3v) is 4.74. The number of hydrogen-bond donors (Lipinski definition) is 1. The summed E-state index contributed by atoms with van der Waals surface area (Å²) >= 11 is 1.26. The van der Waals surface area contributed by atoms with E-state index in [0.29, 0.717) is 32.5 Å². The van der Waals surface area contributed by atoms with Crippen LogP contribution in [0, 0.1) is 6.92 Å². The first-order valence-corrected chi connectivity index (χ1v) is 8.88. The normalized spacial score (nSPS) is 10.4. The van der Waals surface area contributed by atoms with Crippen LogP contribution in [0.25, 0.3) is 10.7 Å². The topological polar surface area (TPSA) is 81.2 Å². The second-order valence-electron chi connectivity index (χ2n) is 5.37. The van der Waals surface area contributed by atoms with Crippen LogP contribution in [0.1, 0.15) is 32.6 Å². The lowest BCUT2D eigenvalue weighted by atomic mass is 10.1. The largest absolute Gasteiger partial charge is 0.462 e. The fraction of sp³-hybridized carbons (Fsp3) is 0.158. The van der Waals surface area contributed by atoms with Gasteiger partial charge in [0, 0.05) is 6.20 Å². The smallest absolute Gasteiger partial charge is 0.340 e. The monoisotopic (exact) mass is 367 g/mol. The molecule has 1 aromatic carbocycles. The van der Waals surface area contributed by atoms with E-state index >= 15 is 0 Å². The van der Waals surface area contributed by atoms with Crippen LogP contribution in [0.2, 0.25) is 0 Å². The molecule has 0 aliphatic carbocycles. The zero-order chi connectivity index (χ0) is 18.5. The van der Waals surface area contributed by atoms with Gasteiger partial charge in [0.05, 0.1) is 29.2 Å². The van der Waals surface area contributed by atoms with Crippen molar-refractivity contribution in [3.8, 4) is 10.7 Å². The predicted molar refractivity (Wildman–Crippen MR) is 100 cm³/mol. The minimum absolute atomic E-state index is 0.266. The Morgan fingerprint density at radius 3 is 2.65 bits per heavy atom. The van der Waals surface area contributed by atoms with Crippen LogP contribution in [-0.2, 0) is 4.74 Å². The van der Waals surface area contributed by atoms with Crippen molar-refractivity contribution in [2.24, 2.45) is 0 Å². The summed E-state index contributed by atoms with van der Waals surface area (Å²) in [6, 6.07) is 12.3. The summed E-state index contributed by atoms with van der Waals surface area (Å²) in [5.74, 6) is -0.794. The van der Waals surface area contributed by atoms with Crippen molar-refractivity contribution in [1.82, 2.24) is 9.97 Å². The van der Waals surface area contributed by atoms with Crippen molar-refractivity contribution in [3.63, 3.8) is 0 Å². The van der Waals surface area contributed by atoms with Crippen molar-refractivity contribution in [2.45, 2.75) is 13.8 Å². The molecular weight excluding hydrogens is 350 g/mol. The molecule has 3 rings (SSSR count). The van der Waals surface area contributed by atoms with Crippen molar-refractivity contribution in [2.75, 3.05) is 11.9 Å². The minimum atomic E-state index is -0.474. The van der Waals surface area contributed by atoms with E-state index in [-0.39, 0.29) is 12.5 Å². The van der Waals surface area contributed by atoms with E-state index in [2.05, 4.69) is 15.3 Å². The van der Waals surface area contributed by atoms with Crippen molar-refractivity contribution in [3.05, 3.63) is 64.8 Å². The van der Waals surface area contributed by atoms with Gasteiger partial charge in [0.2, 0.25) is 0 Å².